The normalized spacial score (nSPS) is 22.6. The van der Waals surface area contributed by atoms with E-state index < -0.39 is 12.1 Å². The lowest BCUT2D eigenvalue weighted by molar-refractivity contribution is -0.131. The third-order valence-corrected chi connectivity index (χ3v) is 4.18. The molecule has 0 unspecified atom stereocenters. The summed E-state index contributed by atoms with van der Waals surface area (Å²) in [5.41, 5.74) is 0. The van der Waals surface area contributed by atoms with Crippen molar-refractivity contribution in [2.75, 3.05) is 27.2 Å². The number of nitrogens with zero attached hydrogens (tertiary/aromatic N) is 1. The lowest BCUT2D eigenvalue weighted by Crippen LogP contribution is -2.60. The van der Waals surface area contributed by atoms with Gasteiger partial charge in [0.1, 0.15) is 6.04 Å². The second-order valence-electron chi connectivity index (χ2n) is 5.93. The highest BCUT2D eigenvalue weighted by molar-refractivity contribution is 5.90. The van der Waals surface area contributed by atoms with Gasteiger partial charge in [-0.3, -0.25) is 9.59 Å². The van der Waals surface area contributed by atoms with E-state index in [9.17, 15) is 14.4 Å². The zero-order valence-corrected chi connectivity index (χ0v) is 14.7. The van der Waals surface area contributed by atoms with E-state index in [1.165, 1.54) is 0 Å². The fourth-order valence-electron chi connectivity index (χ4n) is 2.50. The summed E-state index contributed by atoms with van der Waals surface area (Å²) in [4.78, 5) is 38.2. The summed E-state index contributed by atoms with van der Waals surface area (Å²) in [5.74, 6) is -0.549. The van der Waals surface area contributed by atoms with Gasteiger partial charge in [-0.05, 0) is 33.2 Å². The molecule has 0 spiro atoms. The molecule has 1 heterocycles. The van der Waals surface area contributed by atoms with Gasteiger partial charge in [-0.25, -0.2) is 4.79 Å². The standard InChI is InChI=1S/C16H29N5O3/c1-5-6-7-12-8-9-21(16(24)18-4)10-13(15(23)19-12)20-14(22)11(2)17-3/h5,11-13,17H,1,6-10H2,2-4H3,(H,18,24)(H,19,23)(H,20,22)/t11-,12+,13-/m0/s1. The molecule has 0 aliphatic carbocycles. The topological polar surface area (TPSA) is 103 Å². The summed E-state index contributed by atoms with van der Waals surface area (Å²) >= 11 is 0. The summed E-state index contributed by atoms with van der Waals surface area (Å²) in [5, 5.41) is 11.1. The highest BCUT2D eigenvalue weighted by Crippen LogP contribution is 2.09. The number of carbonyl (C=O) groups excluding carboxylic acids is 3. The molecule has 4 amide bonds. The molecular weight excluding hydrogens is 310 g/mol. The Morgan fingerprint density at radius 3 is 2.75 bits per heavy atom. The first-order chi connectivity index (χ1) is 11.4. The number of urea groups is 1. The van der Waals surface area contributed by atoms with Gasteiger partial charge in [0.25, 0.3) is 0 Å². The quantitative estimate of drug-likeness (QED) is 0.493. The molecule has 0 aromatic carbocycles. The number of hydrogen-bond donors (Lipinski definition) is 4. The summed E-state index contributed by atoms with van der Waals surface area (Å²) in [6.07, 6.45) is 4.00. The molecule has 0 bridgehead atoms. The summed E-state index contributed by atoms with van der Waals surface area (Å²) in [6.45, 7) is 6.05. The molecule has 8 nitrogen and oxygen atoms in total. The number of rotatable bonds is 6. The Hall–Kier alpha value is -2.09. The minimum Gasteiger partial charge on any atom is -0.351 e. The van der Waals surface area contributed by atoms with Crippen LogP contribution in [0, 0.1) is 0 Å². The molecule has 0 aromatic heterocycles. The minimum absolute atomic E-state index is 0.0518. The molecule has 0 saturated carbocycles. The molecule has 4 N–H and O–H groups in total. The average molecular weight is 339 g/mol. The number of allylic oxidation sites excluding steroid dienone is 1. The lowest BCUT2D eigenvalue weighted by Gasteiger charge is -2.33. The Morgan fingerprint density at radius 1 is 1.46 bits per heavy atom. The van der Waals surface area contributed by atoms with Gasteiger partial charge in [0.15, 0.2) is 0 Å². The second-order valence-corrected chi connectivity index (χ2v) is 5.93. The van der Waals surface area contributed by atoms with Crippen molar-refractivity contribution in [1.29, 1.82) is 0 Å². The van der Waals surface area contributed by atoms with Crippen LogP contribution in [0.5, 0.6) is 0 Å². The molecule has 0 radical (unpaired) electrons. The van der Waals surface area contributed by atoms with Crippen LogP contribution in [-0.4, -0.2) is 68.1 Å². The largest absolute Gasteiger partial charge is 0.351 e. The van der Waals surface area contributed by atoms with E-state index in [4.69, 9.17) is 0 Å². The van der Waals surface area contributed by atoms with Crippen LogP contribution in [0.15, 0.2) is 12.7 Å². The Morgan fingerprint density at radius 2 is 2.17 bits per heavy atom. The molecule has 24 heavy (non-hydrogen) atoms. The molecule has 1 aliphatic rings. The van der Waals surface area contributed by atoms with E-state index in [-0.39, 0.29) is 30.4 Å². The van der Waals surface area contributed by atoms with Crippen molar-refractivity contribution < 1.29 is 14.4 Å². The third kappa shape index (κ3) is 5.84. The molecular formula is C16H29N5O3. The predicted molar refractivity (Wildman–Crippen MR) is 92.5 cm³/mol. The van der Waals surface area contributed by atoms with Gasteiger partial charge in [0.05, 0.1) is 12.6 Å². The van der Waals surface area contributed by atoms with E-state index in [0.717, 1.165) is 12.8 Å². The zero-order chi connectivity index (χ0) is 18.1. The first-order valence-corrected chi connectivity index (χ1v) is 8.28. The van der Waals surface area contributed by atoms with Crippen LogP contribution in [0.2, 0.25) is 0 Å². The maximum absolute atomic E-state index is 12.5. The monoisotopic (exact) mass is 339 g/mol. The molecule has 1 aliphatic heterocycles. The van der Waals surface area contributed by atoms with Gasteiger partial charge in [-0.2, -0.15) is 0 Å². The Balaban J connectivity index is 2.88. The van der Waals surface area contributed by atoms with E-state index in [2.05, 4.69) is 27.8 Å². The van der Waals surface area contributed by atoms with Crippen molar-refractivity contribution in [1.82, 2.24) is 26.2 Å². The zero-order valence-electron chi connectivity index (χ0n) is 14.7. The molecule has 8 heteroatoms. The highest BCUT2D eigenvalue weighted by atomic mass is 16.2. The van der Waals surface area contributed by atoms with Crippen molar-refractivity contribution in [3.8, 4) is 0 Å². The van der Waals surface area contributed by atoms with Crippen LogP contribution >= 0.6 is 0 Å². The molecule has 136 valence electrons. The van der Waals surface area contributed by atoms with Gasteiger partial charge < -0.3 is 26.2 Å². The Labute approximate surface area is 143 Å². The van der Waals surface area contributed by atoms with Gasteiger partial charge in [-0.1, -0.05) is 6.08 Å². The summed E-state index contributed by atoms with van der Waals surface area (Å²) in [7, 11) is 3.22. The smallest absolute Gasteiger partial charge is 0.317 e. The second kappa shape index (κ2) is 9.92. The van der Waals surface area contributed by atoms with Gasteiger partial charge in [0.2, 0.25) is 11.8 Å². The fourth-order valence-corrected chi connectivity index (χ4v) is 2.50. The number of amides is 4. The average Bonchev–Trinajstić information content (AvgIpc) is 2.58. The van der Waals surface area contributed by atoms with Crippen LogP contribution in [0.1, 0.15) is 26.2 Å². The number of likely N-dealkylation sites (N-methyl/N-ethyl adjacent to an activating group) is 1. The number of nitrogens with one attached hydrogen (secondary N) is 4. The van der Waals surface area contributed by atoms with Crippen molar-refractivity contribution in [2.45, 2.75) is 44.3 Å². The molecule has 1 fully saturated rings. The van der Waals surface area contributed by atoms with Crippen LogP contribution in [0.3, 0.4) is 0 Å². The van der Waals surface area contributed by atoms with E-state index in [1.807, 2.05) is 0 Å². The first-order valence-electron chi connectivity index (χ1n) is 8.28. The molecule has 1 rings (SSSR count). The lowest BCUT2D eigenvalue weighted by atomic mass is 10.0. The first kappa shape index (κ1) is 20.0. The maximum Gasteiger partial charge on any atom is 0.317 e. The van der Waals surface area contributed by atoms with Crippen LogP contribution in [0.25, 0.3) is 0 Å². The van der Waals surface area contributed by atoms with E-state index >= 15 is 0 Å². The Bertz CT molecular complexity index is 469. The van der Waals surface area contributed by atoms with Gasteiger partial charge in [0, 0.05) is 19.6 Å². The minimum atomic E-state index is -0.780. The van der Waals surface area contributed by atoms with Crippen molar-refractivity contribution in [2.24, 2.45) is 0 Å². The van der Waals surface area contributed by atoms with Crippen molar-refractivity contribution in [3.05, 3.63) is 12.7 Å². The van der Waals surface area contributed by atoms with Crippen LogP contribution < -0.4 is 21.3 Å². The van der Waals surface area contributed by atoms with Crippen LogP contribution in [-0.2, 0) is 9.59 Å². The highest BCUT2D eigenvalue weighted by Gasteiger charge is 2.30. The number of hydrogen-bond acceptors (Lipinski definition) is 4. The van der Waals surface area contributed by atoms with Gasteiger partial charge >= 0.3 is 6.03 Å². The van der Waals surface area contributed by atoms with E-state index in [0.29, 0.717) is 13.0 Å². The van der Waals surface area contributed by atoms with E-state index in [1.54, 1.807) is 32.0 Å². The summed E-state index contributed by atoms with van der Waals surface area (Å²) in [6, 6.07) is -1.51. The number of carbonyl (C=O) groups is 3. The maximum atomic E-state index is 12.5. The fraction of sp³-hybridized carbons (Fsp3) is 0.688. The Kier molecular flexibility index (Phi) is 8.25. The SMILES string of the molecule is C=CCC[C@@H]1CCN(C(=O)NC)C[C@H](NC(=O)[C@H](C)NC)C(=O)N1. The molecule has 3 atom stereocenters. The molecule has 1 saturated heterocycles. The van der Waals surface area contributed by atoms with Crippen LogP contribution in [0.4, 0.5) is 4.79 Å². The van der Waals surface area contributed by atoms with Gasteiger partial charge in [-0.15, -0.1) is 6.58 Å². The predicted octanol–water partition coefficient (Wildman–Crippen LogP) is -0.425. The summed E-state index contributed by atoms with van der Waals surface area (Å²) < 4.78 is 0. The third-order valence-electron chi connectivity index (χ3n) is 4.18. The van der Waals surface area contributed by atoms with Crippen molar-refractivity contribution in [3.63, 3.8) is 0 Å². The molecule has 0 aromatic rings. The van der Waals surface area contributed by atoms with Crippen molar-refractivity contribution >= 4 is 17.8 Å².